The molecule has 0 unspecified atom stereocenters. The van der Waals surface area contributed by atoms with Gasteiger partial charge in [0.2, 0.25) is 6.79 Å². The molecule has 1 aromatic heterocycles. The van der Waals surface area contributed by atoms with Crippen molar-refractivity contribution < 1.29 is 23.0 Å². The lowest BCUT2D eigenvalue weighted by atomic mass is 9.93. The predicted molar refractivity (Wildman–Crippen MR) is 107 cm³/mol. The molecule has 0 amide bonds. The molecule has 0 saturated heterocycles. The minimum atomic E-state index is -2.94. The fourth-order valence-corrected chi connectivity index (χ4v) is 3.57. The first-order valence-electron chi connectivity index (χ1n) is 9.03. The molecule has 0 bridgehead atoms. The van der Waals surface area contributed by atoms with E-state index in [0.717, 1.165) is 10.7 Å². The minimum Gasteiger partial charge on any atom is -0.454 e. The van der Waals surface area contributed by atoms with Gasteiger partial charge in [0, 0.05) is 36.0 Å². The summed E-state index contributed by atoms with van der Waals surface area (Å²) in [5.74, 6) is 1.41. The van der Waals surface area contributed by atoms with Gasteiger partial charge in [-0.2, -0.15) is 8.78 Å². The Morgan fingerprint density at radius 1 is 1.24 bits per heavy atom. The maximum Gasteiger partial charge on any atom is 0.387 e. The second-order valence-electron chi connectivity index (χ2n) is 7.35. The molecule has 1 aliphatic rings. The van der Waals surface area contributed by atoms with Crippen LogP contribution in [-0.2, 0) is 18.5 Å². The van der Waals surface area contributed by atoms with Crippen LogP contribution in [0, 0.1) is 0 Å². The minimum absolute atomic E-state index is 0.00483. The third-order valence-electron chi connectivity index (χ3n) is 4.17. The number of hydrogen-bond donors (Lipinski definition) is 2. The highest BCUT2D eigenvalue weighted by molar-refractivity contribution is 7.09. The van der Waals surface area contributed by atoms with E-state index < -0.39 is 6.61 Å². The molecule has 0 spiro atoms. The standard InChI is InChI=1S/C19H24F2N4O3S/c1-19(2,3)15-9-29-16(25-15)8-24-18(22-4)23-7-11-5-13-14(27-10-26-13)6-12(11)28-17(20)21/h5-6,9,17H,7-8,10H2,1-4H3,(H2,22,23,24). The van der Waals surface area contributed by atoms with Crippen molar-refractivity contribution in [2.24, 2.45) is 4.99 Å². The average molecular weight is 426 g/mol. The first-order chi connectivity index (χ1) is 13.8. The highest BCUT2D eigenvalue weighted by Crippen LogP contribution is 2.38. The first kappa shape index (κ1) is 21.1. The first-order valence-corrected chi connectivity index (χ1v) is 9.91. The number of hydrogen-bond acceptors (Lipinski definition) is 6. The smallest absolute Gasteiger partial charge is 0.387 e. The Morgan fingerprint density at radius 2 is 1.93 bits per heavy atom. The molecule has 10 heteroatoms. The van der Waals surface area contributed by atoms with Crippen LogP contribution in [0.5, 0.6) is 17.2 Å². The summed E-state index contributed by atoms with van der Waals surface area (Å²) in [6.45, 7) is 4.17. The second kappa shape index (κ2) is 8.81. The molecule has 1 aromatic carbocycles. The molecular formula is C19H24F2N4O3S. The van der Waals surface area contributed by atoms with Gasteiger partial charge in [0.25, 0.3) is 0 Å². The van der Waals surface area contributed by atoms with Crippen LogP contribution in [0.4, 0.5) is 8.78 Å². The number of aliphatic imine (C=N–C) groups is 1. The quantitative estimate of drug-likeness (QED) is 0.543. The zero-order valence-electron chi connectivity index (χ0n) is 16.7. The monoisotopic (exact) mass is 426 g/mol. The van der Waals surface area contributed by atoms with E-state index in [-0.39, 0.29) is 24.5 Å². The molecule has 2 N–H and O–H groups in total. The number of benzene rings is 1. The number of guanidine groups is 1. The summed E-state index contributed by atoms with van der Waals surface area (Å²) in [5, 5.41) is 9.25. The van der Waals surface area contributed by atoms with Gasteiger partial charge in [0.05, 0.1) is 12.2 Å². The Hall–Kier alpha value is -2.62. The number of nitrogens with zero attached hydrogens (tertiary/aromatic N) is 2. The van der Waals surface area contributed by atoms with Crippen molar-refractivity contribution in [1.82, 2.24) is 15.6 Å². The summed E-state index contributed by atoms with van der Waals surface area (Å²) in [5.41, 5.74) is 1.54. The summed E-state index contributed by atoms with van der Waals surface area (Å²) in [6.07, 6.45) is 0. The van der Waals surface area contributed by atoms with Crippen LogP contribution in [0.25, 0.3) is 0 Å². The average Bonchev–Trinajstić information content (AvgIpc) is 3.29. The molecule has 7 nitrogen and oxygen atoms in total. The molecule has 2 heterocycles. The van der Waals surface area contributed by atoms with Crippen molar-refractivity contribution in [1.29, 1.82) is 0 Å². The Morgan fingerprint density at radius 3 is 2.55 bits per heavy atom. The Balaban J connectivity index is 1.63. The van der Waals surface area contributed by atoms with Crippen LogP contribution in [0.3, 0.4) is 0 Å². The van der Waals surface area contributed by atoms with E-state index in [1.165, 1.54) is 6.07 Å². The van der Waals surface area contributed by atoms with Gasteiger partial charge in [0.15, 0.2) is 17.5 Å². The number of alkyl halides is 2. The van der Waals surface area contributed by atoms with Crippen molar-refractivity contribution in [3.8, 4) is 17.2 Å². The predicted octanol–water partition coefficient (Wildman–Crippen LogP) is 3.64. The molecule has 0 fully saturated rings. The van der Waals surface area contributed by atoms with Crippen LogP contribution in [-0.4, -0.2) is 31.4 Å². The maximum absolute atomic E-state index is 12.8. The summed E-state index contributed by atoms with van der Waals surface area (Å²) < 4.78 is 40.7. The number of halogens is 2. The van der Waals surface area contributed by atoms with Crippen LogP contribution in [0.2, 0.25) is 0 Å². The SMILES string of the molecule is CN=C(NCc1nc(C(C)(C)C)cs1)NCc1cc2c(cc1OC(F)F)OCO2. The number of rotatable bonds is 6. The van der Waals surface area contributed by atoms with Crippen molar-refractivity contribution in [2.75, 3.05) is 13.8 Å². The van der Waals surface area contributed by atoms with Crippen LogP contribution in [0.15, 0.2) is 22.5 Å². The maximum atomic E-state index is 12.8. The van der Waals surface area contributed by atoms with E-state index in [9.17, 15) is 8.78 Å². The molecular weight excluding hydrogens is 402 g/mol. The molecule has 0 saturated carbocycles. The van der Waals surface area contributed by atoms with Gasteiger partial charge in [-0.1, -0.05) is 20.8 Å². The van der Waals surface area contributed by atoms with Crippen LogP contribution in [0.1, 0.15) is 37.0 Å². The molecule has 0 aliphatic carbocycles. The topological polar surface area (TPSA) is 77.0 Å². The van der Waals surface area contributed by atoms with E-state index in [4.69, 9.17) is 9.47 Å². The van der Waals surface area contributed by atoms with Gasteiger partial charge >= 0.3 is 6.61 Å². The van der Waals surface area contributed by atoms with E-state index in [1.54, 1.807) is 24.5 Å². The third-order valence-corrected chi connectivity index (χ3v) is 5.02. The Bertz CT molecular complexity index is 881. The van der Waals surface area contributed by atoms with Gasteiger partial charge < -0.3 is 24.8 Å². The number of ether oxygens (including phenoxy) is 3. The van der Waals surface area contributed by atoms with Gasteiger partial charge in [0.1, 0.15) is 10.8 Å². The Labute approximate surface area is 172 Å². The van der Waals surface area contributed by atoms with Crippen LogP contribution >= 0.6 is 11.3 Å². The molecule has 0 radical (unpaired) electrons. The number of thiazole rings is 1. The second-order valence-corrected chi connectivity index (χ2v) is 8.29. The summed E-state index contributed by atoms with van der Waals surface area (Å²) in [4.78, 5) is 8.79. The number of aromatic nitrogens is 1. The lowest BCUT2D eigenvalue weighted by molar-refractivity contribution is -0.0505. The van der Waals surface area contributed by atoms with Crippen LogP contribution < -0.4 is 24.8 Å². The van der Waals surface area contributed by atoms with Crippen molar-refractivity contribution in [2.45, 2.75) is 45.9 Å². The highest BCUT2D eigenvalue weighted by atomic mass is 32.1. The molecule has 1 aliphatic heterocycles. The van der Waals surface area contributed by atoms with Crippen molar-refractivity contribution >= 4 is 17.3 Å². The molecule has 29 heavy (non-hydrogen) atoms. The van der Waals surface area contributed by atoms with Crippen molar-refractivity contribution in [3.63, 3.8) is 0 Å². The zero-order valence-corrected chi connectivity index (χ0v) is 17.5. The van der Waals surface area contributed by atoms with Crippen molar-refractivity contribution in [3.05, 3.63) is 33.8 Å². The van der Waals surface area contributed by atoms with E-state index in [1.807, 2.05) is 5.38 Å². The summed E-state index contributed by atoms with van der Waals surface area (Å²) in [6, 6.07) is 3.03. The Kier molecular flexibility index (Phi) is 6.41. The van der Waals surface area contributed by atoms with E-state index in [0.29, 0.717) is 29.6 Å². The fraction of sp³-hybridized carbons (Fsp3) is 0.474. The zero-order chi connectivity index (χ0) is 21.0. The van der Waals surface area contributed by atoms with Gasteiger partial charge in [-0.15, -0.1) is 11.3 Å². The lowest BCUT2D eigenvalue weighted by Crippen LogP contribution is -2.36. The fourth-order valence-electron chi connectivity index (χ4n) is 2.60. The van der Waals surface area contributed by atoms with Gasteiger partial charge in [-0.3, -0.25) is 4.99 Å². The van der Waals surface area contributed by atoms with E-state index >= 15 is 0 Å². The summed E-state index contributed by atoms with van der Waals surface area (Å²) in [7, 11) is 1.63. The molecule has 158 valence electrons. The van der Waals surface area contributed by atoms with E-state index in [2.05, 4.69) is 46.1 Å². The lowest BCUT2D eigenvalue weighted by Gasteiger charge is -2.15. The normalized spacial score (nSPS) is 13.7. The molecule has 0 atom stereocenters. The van der Waals surface area contributed by atoms with Gasteiger partial charge in [-0.25, -0.2) is 4.98 Å². The number of fused-ring (bicyclic) bond motifs is 1. The third kappa shape index (κ3) is 5.47. The number of nitrogens with one attached hydrogen (secondary N) is 2. The summed E-state index contributed by atoms with van der Waals surface area (Å²) >= 11 is 1.58. The highest BCUT2D eigenvalue weighted by Gasteiger charge is 2.20. The largest absolute Gasteiger partial charge is 0.454 e. The molecule has 2 aromatic rings. The van der Waals surface area contributed by atoms with Gasteiger partial charge in [-0.05, 0) is 6.07 Å². The molecule has 3 rings (SSSR count).